The number of aryl methyl sites for hydroxylation is 1. The average molecular weight is 426 g/mol. The van der Waals surface area contributed by atoms with Gasteiger partial charge < -0.3 is 14.8 Å². The SMILES string of the molecule is COc1cccc(NS(=O)(=O)c2ccc(OC)c(NC(=O)c3ccc(C)cc3)c2)c1. The maximum absolute atomic E-state index is 12.8. The quantitative estimate of drug-likeness (QED) is 0.594. The van der Waals surface area contributed by atoms with E-state index in [0.29, 0.717) is 22.7 Å². The van der Waals surface area contributed by atoms with E-state index >= 15 is 0 Å². The Kier molecular flexibility index (Phi) is 6.27. The van der Waals surface area contributed by atoms with Crippen LogP contribution in [0, 0.1) is 6.92 Å². The molecular formula is C22H22N2O5S. The van der Waals surface area contributed by atoms with E-state index in [1.165, 1.54) is 32.4 Å². The summed E-state index contributed by atoms with van der Waals surface area (Å²) in [6.07, 6.45) is 0. The van der Waals surface area contributed by atoms with Gasteiger partial charge in [0.1, 0.15) is 11.5 Å². The third-order valence-corrected chi connectivity index (χ3v) is 5.74. The van der Waals surface area contributed by atoms with Crippen molar-refractivity contribution in [1.29, 1.82) is 0 Å². The zero-order chi connectivity index (χ0) is 21.7. The fourth-order valence-corrected chi connectivity index (χ4v) is 3.83. The van der Waals surface area contributed by atoms with Gasteiger partial charge in [-0.05, 0) is 49.4 Å². The number of benzene rings is 3. The van der Waals surface area contributed by atoms with Gasteiger partial charge in [-0.2, -0.15) is 0 Å². The van der Waals surface area contributed by atoms with Crippen molar-refractivity contribution in [2.75, 3.05) is 24.3 Å². The first-order valence-corrected chi connectivity index (χ1v) is 10.5. The van der Waals surface area contributed by atoms with Crippen molar-refractivity contribution in [2.24, 2.45) is 0 Å². The third kappa shape index (κ3) is 4.90. The largest absolute Gasteiger partial charge is 0.497 e. The lowest BCUT2D eigenvalue weighted by Crippen LogP contribution is -2.16. The van der Waals surface area contributed by atoms with Crippen LogP contribution in [-0.4, -0.2) is 28.5 Å². The van der Waals surface area contributed by atoms with Gasteiger partial charge >= 0.3 is 0 Å². The van der Waals surface area contributed by atoms with Crippen LogP contribution in [0.4, 0.5) is 11.4 Å². The lowest BCUT2D eigenvalue weighted by atomic mass is 10.1. The van der Waals surface area contributed by atoms with Gasteiger partial charge in [0.05, 0.1) is 30.5 Å². The number of amides is 1. The number of methoxy groups -OCH3 is 2. The standard InChI is InChI=1S/C22H22N2O5S/c1-15-7-9-16(10-8-15)22(25)23-20-14-19(11-12-21(20)29-3)30(26,27)24-17-5-4-6-18(13-17)28-2/h4-14,24H,1-3H3,(H,23,25). The van der Waals surface area contributed by atoms with E-state index in [1.54, 1.807) is 36.4 Å². The molecule has 0 heterocycles. The zero-order valence-electron chi connectivity index (χ0n) is 16.8. The molecule has 8 heteroatoms. The summed E-state index contributed by atoms with van der Waals surface area (Å²) in [4.78, 5) is 12.5. The van der Waals surface area contributed by atoms with Crippen LogP contribution in [0.1, 0.15) is 15.9 Å². The number of rotatable bonds is 7. The van der Waals surface area contributed by atoms with E-state index in [9.17, 15) is 13.2 Å². The van der Waals surface area contributed by atoms with Gasteiger partial charge in [0.15, 0.2) is 0 Å². The van der Waals surface area contributed by atoms with Crippen LogP contribution in [0.25, 0.3) is 0 Å². The molecule has 3 aromatic carbocycles. The van der Waals surface area contributed by atoms with E-state index < -0.39 is 10.0 Å². The molecule has 0 aliphatic rings. The molecule has 156 valence electrons. The second kappa shape index (κ2) is 8.87. The number of carbonyl (C=O) groups is 1. The number of hydrogen-bond donors (Lipinski definition) is 2. The molecular weight excluding hydrogens is 404 g/mol. The highest BCUT2D eigenvalue weighted by atomic mass is 32.2. The summed E-state index contributed by atoms with van der Waals surface area (Å²) in [5.41, 5.74) is 2.08. The molecule has 0 unspecified atom stereocenters. The number of hydrogen-bond acceptors (Lipinski definition) is 5. The summed E-state index contributed by atoms with van der Waals surface area (Å²) in [6, 6.07) is 17.9. The fourth-order valence-electron chi connectivity index (χ4n) is 2.75. The Hall–Kier alpha value is -3.52. The molecule has 2 N–H and O–H groups in total. The van der Waals surface area contributed by atoms with Crippen molar-refractivity contribution < 1.29 is 22.7 Å². The molecule has 3 rings (SSSR count). The van der Waals surface area contributed by atoms with Crippen molar-refractivity contribution in [3.8, 4) is 11.5 Å². The second-order valence-electron chi connectivity index (χ2n) is 6.52. The van der Waals surface area contributed by atoms with Gasteiger partial charge in [0, 0.05) is 11.6 Å². The molecule has 3 aromatic rings. The molecule has 0 saturated carbocycles. The lowest BCUT2D eigenvalue weighted by molar-refractivity contribution is 0.102. The van der Waals surface area contributed by atoms with Gasteiger partial charge in [-0.15, -0.1) is 0 Å². The molecule has 0 saturated heterocycles. The van der Waals surface area contributed by atoms with Crippen molar-refractivity contribution in [3.63, 3.8) is 0 Å². The zero-order valence-corrected chi connectivity index (χ0v) is 17.6. The first-order valence-electron chi connectivity index (χ1n) is 9.05. The van der Waals surface area contributed by atoms with E-state index in [1.807, 2.05) is 19.1 Å². The Morgan fingerprint density at radius 2 is 1.63 bits per heavy atom. The smallest absolute Gasteiger partial charge is 0.261 e. The first kappa shape index (κ1) is 21.2. The van der Waals surface area contributed by atoms with E-state index in [4.69, 9.17) is 9.47 Å². The van der Waals surface area contributed by atoms with Crippen LogP contribution >= 0.6 is 0 Å². The number of carbonyl (C=O) groups excluding carboxylic acids is 1. The molecule has 7 nitrogen and oxygen atoms in total. The number of ether oxygens (including phenoxy) is 2. The molecule has 1 amide bonds. The highest BCUT2D eigenvalue weighted by molar-refractivity contribution is 7.92. The normalized spacial score (nSPS) is 10.9. The monoisotopic (exact) mass is 426 g/mol. The van der Waals surface area contributed by atoms with Crippen LogP contribution in [0.15, 0.2) is 71.6 Å². The Morgan fingerprint density at radius 3 is 2.30 bits per heavy atom. The first-order chi connectivity index (χ1) is 14.3. The minimum atomic E-state index is -3.90. The molecule has 0 spiro atoms. The third-order valence-electron chi connectivity index (χ3n) is 4.37. The highest BCUT2D eigenvalue weighted by Crippen LogP contribution is 2.29. The van der Waals surface area contributed by atoms with Crippen molar-refractivity contribution in [3.05, 3.63) is 77.9 Å². The van der Waals surface area contributed by atoms with Crippen molar-refractivity contribution in [2.45, 2.75) is 11.8 Å². The molecule has 0 atom stereocenters. The number of anilines is 2. The van der Waals surface area contributed by atoms with Crippen LogP contribution in [-0.2, 0) is 10.0 Å². The molecule has 0 radical (unpaired) electrons. The predicted molar refractivity (Wildman–Crippen MR) is 116 cm³/mol. The average Bonchev–Trinajstić information content (AvgIpc) is 2.74. The molecule has 0 aliphatic heterocycles. The maximum atomic E-state index is 12.8. The van der Waals surface area contributed by atoms with Gasteiger partial charge in [-0.25, -0.2) is 8.42 Å². The Bertz CT molecular complexity index is 1160. The van der Waals surface area contributed by atoms with Gasteiger partial charge in [-0.1, -0.05) is 23.8 Å². The fraction of sp³-hybridized carbons (Fsp3) is 0.136. The van der Waals surface area contributed by atoms with Gasteiger partial charge in [-0.3, -0.25) is 9.52 Å². The Labute approximate surface area is 175 Å². The minimum absolute atomic E-state index is 0.0228. The highest BCUT2D eigenvalue weighted by Gasteiger charge is 2.18. The van der Waals surface area contributed by atoms with Gasteiger partial charge in [0.25, 0.3) is 15.9 Å². The molecule has 30 heavy (non-hydrogen) atoms. The molecule has 0 aliphatic carbocycles. The van der Waals surface area contributed by atoms with Crippen LogP contribution < -0.4 is 19.5 Å². The molecule has 0 bridgehead atoms. The van der Waals surface area contributed by atoms with Gasteiger partial charge in [0.2, 0.25) is 0 Å². The second-order valence-corrected chi connectivity index (χ2v) is 8.20. The lowest BCUT2D eigenvalue weighted by Gasteiger charge is -2.14. The summed E-state index contributed by atoms with van der Waals surface area (Å²) in [5, 5.41) is 2.72. The van der Waals surface area contributed by atoms with E-state index in [2.05, 4.69) is 10.0 Å². The summed E-state index contributed by atoms with van der Waals surface area (Å²) in [5.74, 6) is 0.496. The summed E-state index contributed by atoms with van der Waals surface area (Å²) in [7, 11) is -0.960. The van der Waals surface area contributed by atoms with Crippen LogP contribution in [0.3, 0.4) is 0 Å². The molecule has 0 aromatic heterocycles. The summed E-state index contributed by atoms with van der Waals surface area (Å²) >= 11 is 0. The topological polar surface area (TPSA) is 93.7 Å². The number of sulfonamides is 1. The van der Waals surface area contributed by atoms with E-state index in [-0.39, 0.29) is 16.5 Å². The van der Waals surface area contributed by atoms with Crippen molar-refractivity contribution >= 4 is 27.3 Å². The predicted octanol–water partition coefficient (Wildman–Crippen LogP) is 4.07. The van der Waals surface area contributed by atoms with Crippen LogP contribution in [0.5, 0.6) is 11.5 Å². The minimum Gasteiger partial charge on any atom is -0.497 e. The van der Waals surface area contributed by atoms with E-state index in [0.717, 1.165) is 5.56 Å². The number of nitrogens with one attached hydrogen (secondary N) is 2. The molecule has 0 fully saturated rings. The van der Waals surface area contributed by atoms with Crippen molar-refractivity contribution in [1.82, 2.24) is 0 Å². The Morgan fingerprint density at radius 1 is 0.900 bits per heavy atom. The summed E-state index contributed by atoms with van der Waals surface area (Å²) < 4.78 is 38.6. The Balaban J connectivity index is 1.89. The summed E-state index contributed by atoms with van der Waals surface area (Å²) in [6.45, 7) is 1.92. The maximum Gasteiger partial charge on any atom is 0.261 e. The van der Waals surface area contributed by atoms with Crippen LogP contribution in [0.2, 0.25) is 0 Å².